The van der Waals surface area contributed by atoms with Crippen LogP contribution in [0.15, 0.2) is 69.4 Å². The number of hydrogen-bond donors (Lipinski definition) is 2. The SMILES string of the molecule is CN=C(NCCSc1ccc(Cl)cc1)NCCS(=O)c1ccccc1.I. The van der Waals surface area contributed by atoms with E-state index in [9.17, 15) is 4.21 Å². The predicted octanol–water partition coefficient (Wildman–Crippen LogP) is 4.02. The maximum atomic E-state index is 12.2. The Labute approximate surface area is 184 Å². The van der Waals surface area contributed by atoms with E-state index in [-0.39, 0.29) is 24.0 Å². The summed E-state index contributed by atoms with van der Waals surface area (Å²) in [7, 11) is 0.736. The van der Waals surface area contributed by atoms with Crippen molar-refractivity contribution in [1.82, 2.24) is 10.6 Å². The second-order valence-corrected chi connectivity index (χ2v) is 8.27. The molecule has 0 fully saturated rings. The zero-order chi connectivity index (χ0) is 17.9. The van der Waals surface area contributed by atoms with E-state index in [1.165, 1.54) is 4.90 Å². The summed E-state index contributed by atoms with van der Waals surface area (Å²) in [6.07, 6.45) is 0. The molecule has 0 aliphatic rings. The molecule has 2 aromatic rings. The molecule has 1 atom stereocenters. The van der Waals surface area contributed by atoms with Gasteiger partial charge in [-0.2, -0.15) is 0 Å². The monoisotopic (exact) mass is 523 g/mol. The molecule has 0 saturated heterocycles. The van der Waals surface area contributed by atoms with Crippen molar-refractivity contribution in [1.29, 1.82) is 0 Å². The smallest absolute Gasteiger partial charge is 0.191 e. The summed E-state index contributed by atoms with van der Waals surface area (Å²) in [5, 5.41) is 7.20. The molecule has 2 rings (SSSR count). The minimum Gasteiger partial charge on any atom is -0.356 e. The average molecular weight is 524 g/mol. The Morgan fingerprint density at radius 2 is 1.73 bits per heavy atom. The van der Waals surface area contributed by atoms with E-state index in [0.29, 0.717) is 12.3 Å². The second kappa shape index (κ2) is 13.4. The van der Waals surface area contributed by atoms with Crippen LogP contribution in [0.5, 0.6) is 0 Å². The van der Waals surface area contributed by atoms with Gasteiger partial charge < -0.3 is 10.6 Å². The Bertz CT molecular complexity index is 699. The van der Waals surface area contributed by atoms with Gasteiger partial charge in [-0.3, -0.25) is 9.20 Å². The summed E-state index contributed by atoms with van der Waals surface area (Å²) in [6, 6.07) is 17.3. The average Bonchev–Trinajstić information content (AvgIpc) is 2.65. The third-order valence-corrected chi connectivity index (χ3v) is 5.93. The molecule has 0 radical (unpaired) electrons. The molecule has 0 spiro atoms. The lowest BCUT2D eigenvalue weighted by molar-refractivity contribution is 0.681. The number of thioether (sulfide) groups is 1. The van der Waals surface area contributed by atoms with Gasteiger partial charge in [-0.25, -0.2) is 0 Å². The molecule has 0 bridgehead atoms. The molecule has 2 aromatic carbocycles. The van der Waals surface area contributed by atoms with Crippen LogP contribution in [0.3, 0.4) is 0 Å². The van der Waals surface area contributed by atoms with Gasteiger partial charge in [0.1, 0.15) is 0 Å². The minimum absolute atomic E-state index is 0. The van der Waals surface area contributed by atoms with Crippen LogP contribution in [0.4, 0.5) is 0 Å². The van der Waals surface area contributed by atoms with Crippen LogP contribution in [0.1, 0.15) is 0 Å². The van der Waals surface area contributed by atoms with Gasteiger partial charge >= 0.3 is 0 Å². The number of hydrogen-bond acceptors (Lipinski definition) is 3. The second-order valence-electron chi connectivity index (χ2n) is 5.09. The molecule has 2 N–H and O–H groups in total. The van der Waals surface area contributed by atoms with Crippen molar-refractivity contribution in [2.45, 2.75) is 9.79 Å². The van der Waals surface area contributed by atoms with Gasteiger partial charge in [0, 0.05) is 46.5 Å². The predicted molar refractivity (Wildman–Crippen MR) is 125 cm³/mol. The topological polar surface area (TPSA) is 53.5 Å². The minimum atomic E-state index is -0.996. The third-order valence-electron chi connectivity index (χ3n) is 3.29. The highest BCUT2D eigenvalue weighted by Gasteiger charge is 2.03. The van der Waals surface area contributed by atoms with Gasteiger partial charge in [0.25, 0.3) is 0 Å². The first-order chi connectivity index (χ1) is 12.2. The van der Waals surface area contributed by atoms with Crippen molar-refractivity contribution in [3.8, 4) is 0 Å². The summed E-state index contributed by atoms with van der Waals surface area (Å²) in [4.78, 5) is 6.22. The van der Waals surface area contributed by atoms with Gasteiger partial charge in [0.2, 0.25) is 0 Å². The number of nitrogens with one attached hydrogen (secondary N) is 2. The molecule has 0 heterocycles. The standard InChI is InChI=1S/C18H22ClN3OS2.HI/c1-20-18(21-11-13-24-16-9-7-15(19)8-10-16)22-12-14-25(23)17-5-3-2-4-6-17;/h2-10H,11-14H2,1H3,(H2,20,21,22);1H. The molecule has 142 valence electrons. The van der Waals surface area contributed by atoms with Gasteiger partial charge in [-0.05, 0) is 36.4 Å². The first-order valence-corrected chi connectivity index (χ1v) is 10.6. The number of aliphatic imine (C=N–C) groups is 1. The molecule has 0 aliphatic carbocycles. The van der Waals surface area contributed by atoms with Crippen LogP contribution in [0.25, 0.3) is 0 Å². The molecule has 1 unspecified atom stereocenters. The third kappa shape index (κ3) is 8.75. The van der Waals surface area contributed by atoms with Crippen LogP contribution >= 0.6 is 47.3 Å². The fraction of sp³-hybridized carbons (Fsp3) is 0.278. The highest BCUT2D eigenvalue weighted by Crippen LogP contribution is 2.19. The van der Waals surface area contributed by atoms with E-state index >= 15 is 0 Å². The Morgan fingerprint density at radius 3 is 2.38 bits per heavy atom. The normalized spacial score (nSPS) is 12.2. The van der Waals surface area contributed by atoms with Crippen molar-refractivity contribution in [2.75, 3.05) is 31.6 Å². The first-order valence-electron chi connectivity index (χ1n) is 7.95. The summed E-state index contributed by atoms with van der Waals surface area (Å²) >= 11 is 7.63. The lowest BCUT2D eigenvalue weighted by atomic mass is 10.4. The molecular formula is C18H23ClIN3OS2. The van der Waals surface area contributed by atoms with E-state index < -0.39 is 10.8 Å². The van der Waals surface area contributed by atoms with Crippen LogP contribution in [0, 0.1) is 0 Å². The molecule has 0 aromatic heterocycles. The van der Waals surface area contributed by atoms with E-state index in [0.717, 1.165) is 28.2 Å². The first kappa shape index (κ1) is 23.3. The van der Waals surface area contributed by atoms with E-state index in [1.54, 1.807) is 18.8 Å². The van der Waals surface area contributed by atoms with Crippen molar-refractivity contribution in [3.05, 3.63) is 59.6 Å². The summed E-state index contributed by atoms with van der Waals surface area (Å²) in [6.45, 7) is 1.39. The molecule has 0 aliphatic heterocycles. The fourth-order valence-electron chi connectivity index (χ4n) is 2.04. The van der Waals surface area contributed by atoms with E-state index in [4.69, 9.17) is 11.6 Å². The largest absolute Gasteiger partial charge is 0.356 e. The van der Waals surface area contributed by atoms with Crippen molar-refractivity contribution in [2.24, 2.45) is 4.99 Å². The van der Waals surface area contributed by atoms with Gasteiger partial charge in [-0.1, -0.05) is 29.8 Å². The summed E-state index contributed by atoms with van der Waals surface area (Å²) in [5.74, 6) is 2.18. The number of benzene rings is 2. The van der Waals surface area contributed by atoms with Crippen LogP contribution in [-0.4, -0.2) is 41.8 Å². The number of rotatable bonds is 8. The molecule has 26 heavy (non-hydrogen) atoms. The Balaban J connectivity index is 0.00000338. The lowest BCUT2D eigenvalue weighted by Gasteiger charge is -2.11. The Kier molecular flexibility index (Phi) is 12.0. The Morgan fingerprint density at radius 1 is 1.08 bits per heavy atom. The lowest BCUT2D eigenvalue weighted by Crippen LogP contribution is -2.40. The maximum Gasteiger partial charge on any atom is 0.191 e. The number of halogens is 2. The van der Waals surface area contributed by atoms with Crippen molar-refractivity contribution in [3.63, 3.8) is 0 Å². The molecule has 0 amide bonds. The molecular weight excluding hydrogens is 501 g/mol. The summed E-state index contributed by atoms with van der Waals surface area (Å²) in [5.41, 5.74) is 0. The van der Waals surface area contributed by atoms with Gasteiger partial charge in [-0.15, -0.1) is 35.7 Å². The van der Waals surface area contributed by atoms with E-state index in [2.05, 4.69) is 15.6 Å². The highest BCUT2D eigenvalue weighted by molar-refractivity contribution is 14.0. The highest BCUT2D eigenvalue weighted by atomic mass is 127. The van der Waals surface area contributed by atoms with Crippen LogP contribution < -0.4 is 10.6 Å². The van der Waals surface area contributed by atoms with Crippen molar-refractivity contribution >= 4 is 64.1 Å². The maximum absolute atomic E-state index is 12.2. The van der Waals surface area contributed by atoms with Crippen molar-refractivity contribution < 1.29 is 4.21 Å². The zero-order valence-electron chi connectivity index (χ0n) is 14.5. The zero-order valence-corrected chi connectivity index (χ0v) is 19.2. The number of nitrogens with zero attached hydrogens (tertiary/aromatic N) is 1. The molecule has 0 saturated carbocycles. The van der Waals surface area contributed by atoms with E-state index in [1.807, 2.05) is 54.6 Å². The van der Waals surface area contributed by atoms with Gasteiger partial charge in [0.05, 0.1) is 10.8 Å². The summed E-state index contributed by atoms with van der Waals surface area (Å²) < 4.78 is 12.2. The molecule has 4 nitrogen and oxygen atoms in total. The fourth-order valence-corrected chi connectivity index (χ4v) is 3.92. The quantitative estimate of drug-likeness (QED) is 0.180. The van der Waals surface area contributed by atoms with Crippen LogP contribution in [-0.2, 0) is 10.8 Å². The van der Waals surface area contributed by atoms with Gasteiger partial charge in [0.15, 0.2) is 5.96 Å². The van der Waals surface area contributed by atoms with Crippen LogP contribution in [0.2, 0.25) is 5.02 Å². The number of guanidine groups is 1. The molecule has 8 heteroatoms. The Hall–Kier alpha value is -0.770.